The lowest BCUT2D eigenvalue weighted by Gasteiger charge is -2.24. The first-order valence-electron chi connectivity index (χ1n) is 6.89. The third-order valence-corrected chi connectivity index (χ3v) is 3.55. The molecule has 0 aromatic heterocycles. The van der Waals surface area contributed by atoms with Gasteiger partial charge in [0, 0.05) is 12.6 Å². The van der Waals surface area contributed by atoms with Crippen molar-refractivity contribution in [2.45, 2.75) is 32.2 Å². The third kappa shape index (κ3) is 3.70. The maximum atomic E-state index is 10.7. The average molecular weight is 263 g/mol. The molecule has 1 atom stereocenters. The van der Waals surface area contributed by atoms with Crippen LogP contribution in [0.25, 0.3) is 0 Å². The summed E-state index contributed by atoms with van der Waals surface area (Å²) in [5, 5.41) is 8.78. The molecule has 0 bridgehead atoms. The molecular weight excluding hydrogens is 242 g/mol. The molecule has 4 nitrogen and oxygen atoms in total. The monoisotopic (exact) mass is 263 g/mol. The number of carbonyl (C=O) groups is 1. The maximum Gasteiger partial charge on any atom is 0.304 e. The minimum Gasteiger partial charge on any atom is -0.494 e. The molecule has 1 aliphatic heterocycles. The van der Waals surface area contributed by atoms with Crippen molar-refractivity contribution in [3.63, 3.8) is 0 Å². The summed E-state index contributed by atoms with van der Waals surface area (Å²) in [6.07, 6.45) is 2.46. The second kappa shape index (κ2) is 6.57. The maximum absolute atomic E-state index is 10.7. The van der Waals surface area contributed by atoms with E-state index in [2.05, 4.69) is 17.0 Å². The number of carboxylic acids is 1. The van der Waals surface area contributed by atoms with Gasteiger partial charge in [-0.3, -0.25) is 9.69 Å². The molecule has 2 rings (SSSR count). The summed E-state index contributed by atoms with van der Waals surface area (Å²) in [5.41, 5.74) is 1.26. The first-order valence-corrected chi connectivity index (χ1v) is 6.89. The van der Waals surface area contributed by atoms with E-state index in [9.17, 15) is 4.79 Å². The number of ether oxygens (including phenoxy) is 1. The van der Waals surface area contributed by atoms with E-state index in [0.717, 1.165) is 25.1 Å². The Morgan fingerprint density at radius 1 is 1.42 bits per heavy atom. The van der Waals surface area contributed by atoms with E-state index in [0.29, 0.717) is 19.2 Å². The molecule has 0 spiro atoms. The summed E-state index contributed by atoms with van der Waals surface area (Å²) in [6, 6.07) is 8.53. The summed E-state index contributed by atoms with van der Waals surface area (Å²) in [5.74, 6) is 0.165. The number of aliphatic carboxylic acids is 1. The lowest BCUT2D eigenvalue weighted by Crippen LogP contribution is -2.26. The highest BCUT2D eigenvalue weighted by atomic mass is 16.5. The van der Waals surface area contributed by atoms with Gasteiger partial charge in [0.15, 0.2) is 0 Å². The zero-order valence-corrected chi connectivity index (χ0v) is 11.3. The highest BCUT2D eigenvalue weighted by molar-refractivity contribution is 5.66. The van der Waals surface area contributed by atoms with Crippen LogP contribution in [0.5, 0.6) is 5.75 Å². The number of rotatable bonds is 6. The van der Waals surface area contributed by atoms with E-state index in [4.69, 9.17) is 9.84 Å². The Balaban J connectivity index is 2.00. The van der Waals surface area contributed by atoms with Gasteiger partial charge in [-0.1, -0.05) is 12.1 Å². The topological polar surface area (TPSA) is 49.8 Å². The van der Waals surface area contributed by atoms with E-state index >= 15 is 0 Å². The van der Waals surface area contributed by atoms with Gasteiger partial charge in [0.25, 0.3) is 0 Å². The van der Waals surface area contributed by atoms with E-state index in [1.807, 2.05) is 19.1 Å². The van der Waals surface area contributed by atoms with Crippen LogP contribution in [-0.4, -0.2) is 35.7 Å². The van der Waals surface area contributed by atoms with Crippen molar-refractivity contribution in [3.8, 4) is 5.75 Å². The highest BCUT2D eigenvalue weighted by Crippen LogP contribution is 2.32. The zero-order valence-electron chi connectivity index (χ0n) is 11.3. The Hall–Kier alpha value is -1.55. The zero-order chi connectivity index (χ0) is 13.7. The number of hydrogen-bond donors (Lipinski definition) is 1. The average Bonchev–Trinajstić information content (AvgIpc) is 2.86. The smallest absolute Gasteiger partial charge is 0.304 e. The van der Waals surface area contributed by atoms with Crippen molar-refractivity contribution >= 4 is 5.97 Å². The Morgan fingerprint density at radius 3 is 2.79 bits per heavy atom. The molecule has 0 saturated carbocycles. The second-order valence-electron chi connectivity index (χ2n) is 4.84. The van der Waals surface area contributed by atoms with Crippen LogP contribution in [0, 0.1) is 0 Å². The first kappa shape index (κ1) is 13.9. The molecule has 1 aliphatic rings. The van der Waals surface area contributed by atoms with E-state index < -0.39 is 5.97 Å². The predicted octanol–water partition coefficient (Wildman–Crippen LogP) is 2.70. The van der Waals surface area contributed by atoms with Crippen molar-refractivity contribution in [2.75, 3.05) is 19.7 Å². The molecular formula is C15H21NO3. The number of likely N-dealkylation sites (tertiary alicyclic amines) is 1. The fraction of sp³-hybridized carbons (Fsp3) is 0.533. The highest BCUT2D eigenvalue weighted by Gasteiger charge is 2.25. The number of hydrogen-bond acceptors (Lipinski definition) is 3. The summed E-state index contributed by atoms with van der Waals surface area (Å²) < 4.78 is 5.44. The SMILES string of the molecule is CCOc1ccc([C@H]2CCCN2CCC(=O)O)cc1. The molecule has 19 heavy (non-hydrogen) atoms. The Kier molecular flexibility index (Phi) is 4.80. The van der Waals surface area contributed by atoms with Gasteiger partial charge >= 0.3 is 5.97 Å². The largest absolute Gasteiger partial charge is 0.494 e. The molecule has 0 aliphatic carbocycles. The number of carboxylic acid groups (broad SMARTS) is 1. The summed E-state index contributed by atoms with van der Waals surface area (Å²) in [7, 11) is 0. The van der Waals surface area contributed by atoms with Crippen LogP contribution < -0.4 is 4.74 Å². The number of nitrogens with zero attached hydrogens (tertiary/aromatic N) is 1. The molecule has 1 fully saturated rings. The molecule has 1 saturated heterocycles. The summed E-state index contributed by atoms with van der Waals surface area (Å²) >= 11 is 0. The fourth-order valence-corrected chi connectivity index (χ4v) is 2.66. The normalized spacial score (nSPS) is 19.5. The lowest BCUT2D eigenvalue weighted by atomic mass is 10.0. The van der Waals surface area contributed by atoms with Crippen LogP contribution in [0.4, 0.5) is 0 Å². The molecule has 1 aromatic rings. The van der Waals surface area contributed by atoms with Crippen molar-refractivity contribution in [1.29, 1.82) is 0 Å². The van der Waals surface area contributed by atoms with Gasteiger partial charge < -0.3 is 9.84 Å². The van der Waals surface area contributed by atoms with Crippen LogP contribution in [0.15, 0.2) is 24.3 Å². The fourth-order valence-electron chi connectivity index (χ4n) is 2.66. The van der Waals surface area contributed by atoms with E-state index in [1.165, 1.54) is 5.56 Å². The van der Waals surface area contributed by atoms with Crippen molar-refractivity contribution in [3.05, 3.63) is 29.8 Å². The van der Waals surface area contributed by atoms with Crippen LogP contribution >= 0.6 is 0 Å². The van der Waals surface area contributed by atoms with Crippen LogP contribution in [0.1, 0.15) is 37.8 Å². The Bertz CT molecular complexity index is 416. The third-order valence-electron chi connectivity index (χ3n) is 3.55. The standard InChI is InChI=1S/C15H21NO3/c1-2-19-13-7-5-12(6-8-13)14-4-3-10-16(14)11-9-15(17)18/h5-8,14H,2-4,9-11H2,1H3,(H,17,18)/t14-/m1/s1. The molecule has 4 heteroatoms. The molecule has 1 heterocycles. The Morgan fingerprint density at radius 2 is 2.16 bits per heavy atom. The van der Waals surface area contributed by atoms with Gasteiger partial charge in [-0.2, -0.15) is 0 Å². The van der Waals surface area contributed by atoms with Gasteiger partial charge in [0.2, 0.25) is 0 Å². The molecule has 104 valence electrons. The molecule has 0 radical (unpaired) electrons. The van der Waals surface area contributed by atoms with Crippen LogP contribution in [0.2, 0.25) is 0 Å². The number of benzene rings is 1. The lowest BCUT2D eigenvalue weighted by molar-refractivity contribution is -0.137. The molecule has 0 unspecified atom stereocenters. The second-order valence-corrected chi connectivity index (χ2v) is 4.84. The van der Waals surface area contributed by atoms with Crippen LogP contribution in [-0.2, 0) is 4.79 Å². The minimum absolute atomic E-state index is 0.216. The molecule has 1 aromatic carbocycles. The minimum atomic E-state index is -0.725. The first-order chi connectivity index (χ1) is 9.20. The van der Waals surface area contributed by atoms with Gasteiger partial charge in [0.1, 0.15) is 5.75 Å². The van der Waals surface area contributed by atoms with Gasteiger partial charge in [0.05, 0.1) is 13.0 Å². The summed E-state index contributed by atoms with van der Waals surface area (Å²) in [4.78, 5) is 12.9. The van der Waals surface area contributed by atoms with Gasteiger partial charge in [-0.15, -0.1) is 0 Å². The quantitative estimate of drug-likeness (QED) is 0.857. The molecule has 0 amide bonds. The van der Waals surface area contributed by atoms with E-state index in [1.54, 1.807) is 0 Å². The Labute approximate surface area is 114 Å². The van der Waals surface area contributed by atoms with E-state index in [-0.39, 0.29) is 6.42 Å². The molecule has 1 N–H and O–H groups in total. The predicted molar refractivity (Wildman–Crippen MR) is 73.4 cm³/mol. The van der Waals surface area contributed by atoms with Crippen molar-refractivity contribution in [1.82, 2.24) is 4.90 Å². The van der Waals surface area contributed by atoms with Crippen molar-refractivity contribution < 1.29 is 14.6 Å². The summed E-state index contributed by atoms with van der Waals surface area (Å²) in [6.45, 7) is 4.27. The van der Waals surface area contributed by atoms with Gasteiger partial charge in [-0.05, 0) is 44.0 Å². The van der Waals surface area contributed by atoms with Gasteiger partial charge in [-0.25, -0.2) is 0 Å². The van der Waals surface area contributed by atoms with Crippen LogP contribution in [0.3, 0.4) is 0 Å². The van der Waals surface area contributed by atoms with Crippen molar-refractivity contribution in [2.24, 2.45) is 0 Å².